The van der Waals surface area contributed by atoms with Crippen LogP contribution in [0.2, 0.25) is 0 Å². The molecule has 0 spiro atoms. The van der Waals surface area contributed by atoms with Crippen LogP contribution in [0.4, 0.5) is 4.39 Å². The van der Waals surface area contributed by atoms with Crippen LogP contribution in [0.5, 0.6) is 0 Å². The standard InChI is InChI=1S/C13H17FO2S/c1-3-6-9(2)12(13(15)16)17-11-8-5-4-7-10(11)14/h4-5,7-9,12H,3,6H2,1-2H3,(H,15,16). The van der Waals surface area contributed by atoms with Crippen molar-refractivity contribution in [3.63, 3.8) is 0 Å². The molecule has 0 aromatic heterocycles. The maximum Gasteiger partial charge on any atom is 0.317 e. The molecule has 1 N–H and O–H groups in total. The highest BCUT2D eigenvalue weighted by molar-refractivity contribution is 8.00. The first-order valence-corrected chi connectivity index (χ1v) is 6.58. The van der Waals surface area contributed by atoms with Gasteiger partial charge in [0.05, 0.1) is 0 Å². The van der Waals surface area contributed by atoms with Crippen LogP contribution < -0.4 is 0 Å². The molecule has 2 nitrogen and oxygen atoms in total. The first-order valence-electron chi connectivity index (χ1n) is 5.70. The molecular formula is C13H17FO2S. The number of aliphatic carboxylic acids is 1. The topological polar surface area (TPSA) is 37.3 Å². The number of carbonyl (C=O) groups is 1. The number of hydrogen-bond acceptors (Lipinski definition) is 2. The van der Waals surface area contributed by atoms with E-state index in [1.165, 1.54) is 6.07 Å². The van der Waals surface area contributed by atoms with Gasteiger partial charge in [-0.25, -0.2) is 4.39 Å². The van der Waals surface area contributed by atoms with Crippen LogP contribution >= 0.6 is 11.8 Å². The summed E-state index contributed by atoms with van der Waals surface area (Å²) in [7, 11) is 0. The van der Waals surface area contributed by atoms with Crippen molar-refractivity contribution in [1.29, 1.82) is 0 Å². The Morgan fingerprint density at radius 3 is 2.65 bits per heavy atom. The van der Waals surface area contributed by atoms with E-state index in [0.29, 0.717) is 4.90 Å². The second-order valence-electron chi connectivity index (χ2n) is 4.07. The van der Waals surface area contributed by atoms with Gasteiger partial charge in [0, 0.05) is 4.90 Å². The predicted molar refractivity (Wildman–Crippen MR) is 67.8 cm³/mol. The minimum absolute atomic E-state index is 0.0297. The monoisotopic (exact) mass is 256 g/mol. The van der Waals surface area contributed by atoms with E-state index in [1.54, 1.807) is 18.2 Å². The van der Waals surface area contributed by atoms with Crippen molar-refractivity contribution < 1.29 is 14.3 Å². The second-order valence-corrected chi connectivity index (χ2v) is 5.26. The van der Waals surface area contributed by atoms with Crippen molar-refractivity contribution >= 4 is 17.7 Å². The molecule has 4 heteroatoms. The van der Waals surface area contributed by atoms with Crippen molar-refractivity contribution in [1.82, 2.24) is 0 Å². The number of thioether (sulfide) groups is 1. The van der Waals surface area contributed by atoms with E-state index in [1.807, 2.05) is 13.8 Å². The molecule has 0 aliphatic rings. The van der Waals surface area contributed by atoms with E-state index < -0.39 is 11.2 Å². The molecule has 0 aliphatic heterocycles. The molecule has 17 heavy (non-hydrogen) atoms. The molecule has 0 amide bonds. The highest BCUT2D eigenvalue weighted by Crippen LogP contribution is 2.32. The lowest BCUT2D eigenvalue weighted by atomic mass is 10.0. The van der Waals surface area contributed by atoms with E-state index >= 15 is 0 Å². The maximum absolute atomic E-state index is 13.4. The van der Waals surface area contributed by atoms with Gasteiger partial charge in [-0.05, 0) is 24.5 Å². The number of carboxylic acids is 1. The van der Waals surface area contributed by atoms with Crippen molar-refractivity contribution in [3.8, 4) is 0 Å². The molecule has 0 fully saturated rings. The van der Waals surface area contributed by atoms with E-state index in [9.17, 15) is 14.3 Å². The Bertz CT molecular complexity index is 381. The highest BCUT2D eigenvalue weighted by Gasteiger charge is 2.26. The third kappa shape index (κ3) is 4.04. The SMILES string of the molecule is CCCC(C)C(Sc1ccccc1F)C(=O)O. The summed E-state index contributed by atoms with van der Waals surface area (Å²) >= 11 is 1.10. The Balaban J connectivity index is 2.80. The van der Waals surface area contributed by atoms with Gasteiger partial charge in [-0.3, -0.25) is 4.79 Å². The summed E-state index contributed by atoms with van der Waals surface area (Å²) in [6, 6.07) is 6.29. The van der Waals surface area contributed by atoms with Crippen molar-refractivity contribution in [2.45, 2.75) is 36.8 Å². The first-order chi connectivity index (χ1) is 8.06. The van der Waals surface area contributed by atoms with E-state index in [2.05, 4.69) is 0 Å². The highest BCUT2D eigenvalue weighted by atomic mass is 32.2. The number of rotatable bonds is 6. The molecule has 1 rings (SSSR count). The zero-order valence-electron chi connectivity index (χ0n) is 10.0. The van der Waals surface area contributed by atoms with Gasteiger partial charge >= 0.3 is 5.97 Å². The van der Waals surface area contributed by atoms with Crippen LogP contribution in [0.25, 0.3) is 0 Å². The smallest absolute Gasteiger partial charge is 0.317 e. The average Bonchev–Trinajstić information content (AvgIpc) is 2.27. The molecule has 2 atom stereocenters. The predicted octanol–water partition coefficient (Wildman–Crippen LogP) is 3.81. The van der Waals surface area contributed by atoms with Gasteiger partial charge in [-0.2, -0.15) is 0 Å². The zero-order valence-corrected chi connectivity index (χ0v) is 10.8. The molecule has 0 saturated carbocycles. The maximum atomic E-state index is 13.4. The normalized spacial score (nSPS) is 14.3. The van der Waals surface area contributed by atoms with Gasteiger partial charge in [0.15, 0.2) is 0 Å². The largest absolute Gasteiger partial charge is 0.480 e. The Hall–Kier alpha value is -1.03. The molecule has 1 aromatic rings. The zero-order chi connectivity index (χ0) is 12.8. The Labute approximate surface area is 105 Å². The first kappa shape index (κ1) is 14.0. The summed E-state index contributed by atoms with van der Waals surface area (Å²) in [5, 5.41) is 8.59. The molecule has 0 bridgehead atoms. The summed E-state index contributed by atoms with van der Waals surface area (Å²) in [5.41, 5.74) is 0. The van der Waals surface area contributed by atoms with E-state index in [4.69, 9.17) is 0 Å². The molecule has 0 heterocycles. The molecule has 0 saturated heterocycles. The average molecular weight is 256 g/mol. The van der Waals surface area contributed by atoms with Crippen molar-refractivity contribution in [3.05, 3.63) is 30.1 Å². The molecule has 0 aliphatic carbocycles. The van der Waals surface area contributed by atoms with Gasteiger partial charge in [0.25, 0.3) is 0 Å². The summed E-state index contributed by atoms with van der Waals surface area (Å²) in [4.78, 5) is 11.6. The molecule has 0 radical (unpaired) electrons. The van der Waals surface area contributed by atoms with Gasteiger partial charge < -0.3 is 5.11 Å². The fourth-order valence-electron chi connectivity index (χ4n) is 1.69. The number of halogens is 1. The quantitative estimate of drug-likeness (QED) is 0.786. The second kappa shape index (κ2) is 6.64. The summed E-state index contributed by atoms with van der Waals surface area (Å²) in [6.45, 7) is 3.92. The van der Waals surface area contributed by atoms with Gasteiger partial charge in [0.1, 0.15) is 11.1 Å². The molecular weight excluding hydrogens is 239 g/mol. The molecule has 94 valence electrons. The number of benzene rings is 1. The third-order valence-corrected chi connectivity index (χ3v) is 4.10. The van der Waals surface area contributed by atoms with Gasteiger partial charge in [0.2, 0.25) is 0 Å². The summed E-state index contributed by atoms with van der Waals surface area (Å²) < 4.78 is 13.4. The minimum Gasteiger partial charge on any atom is -0.480 e. The summed E-state index contributed by atoms with van der Waals surface area (Å²) in [6.07, 6.45) is 1.77. The van der Waals surface area contributed by atoms with Crippen LogP contribution in [-0.2, 0) is 4.79 Å². The van der Waals surface area contributed by atoms with Crippen LogP contribution in [0.1, 0.15) is 26.7 Å². The van der Waals surface area contributed by atoms with Crippen LogP contribution in [-0.4, -0.2) is 16.3 Å². The summed E-state index contributed by atoms with van der Waals surface area (Å²) in [5.74, 6) is -1.20. The Morgan fingerprint density at radius 1 is 1.47 bits per heavy atom. The fraction of sp³-hybridized carbons (Fsp3) is 0.462. The fourth-order valence-corrected chi connectivity index (χ4v) is 2.77. The van der Waals surface area contributed by atoms with Crippen LogP contribution in [0, 0.1) is 11.7 Å². The number of hydrogen-bond donors (Lipinski definition) is 1. The van der Waals surface area contributed by atoms with Crippen LogP contribution in [0.15, 0.2) is 29.2 Å². The van der Waals surface area contributed by atoms with Crippen molar-refractivity contribution in [2.75, 3.05) is 0 Å². The Kier molecular flexibility index (Phi) is 5.48. The minimum atomic E-state index is -0.876. The van der Waals surface area contributed by atoms with Gasteiger partial charge in [-0.1, -0.05) is 32.4 Å². The molecule has 2 unspecified atom stereocenters. The third-order valence-electron chi connectivity index (χ3n) is 2.59. The van der Waals surface area contributed by atoms with Crippen LogP contribution in [0.3, 0.4) is 0 Å². The van der Waals surface area contributed by atoms with Gasteiger partial charge in [-0.15, -0.1) is 11.8 Å². The lowest BCUT2D eigenvalue weighted by Crippen LogP contribution is -2.24. The van der Waals surface area contributed by atoms with E-state index in [0.717, 1.165) is 24.6 Å². The lowest BCUT2D eigenvalue weighted by molar-refractivity contribution is -0.137. The Morgan fingerprint density at radius 2 is 2.12 bits per heavy atom. The number of carboxylic acid groups (broad SMARTS) is 1. The molecule has 1 aromatic carbocycles. The van der Waals surface area contributed by atoms with Crippen molar-refractivity contribution in [2.24, 2.45) is 5.92 Å². The van der Waals surface area contributed by atoms with E-state index in [-0.39, 0.29) is 11.7 Å². The lowest BCUT2D eigenvalue weighted by Gasteiger charge is -2.19.